The monoisotopic (exact) mass is 226 g/mol. The van der Waals surface area contributed by atoms with Gasteiger partial charge >= 0.3 is 0 Å². The van der Waals surface area contributed by atoms with Crippen LogP contribution in [0.15, 0.2) is 0 Å². The number of nitrogens with zero attached hydrogens (tertiary/aromatic N) is 1. The fraction of sp³-hybridized carbons (Fsp3) is 1.00. The summed E-state index contributed by atoms with van der Waals surface area (Å²) in [5.74, 6) is 1.66. The highest BCUT2D eigenvalue weighted by molar-refractivity contribution is 4.84. The molecule has 1 rings (SSSR count). The molecular weight excluding hydrogens is 196 g/mol. The summed E-state index contributed by atoms with van der Waals surface area (Å²) in [5, 5.41) is 3.44. The van der Waals surface area contributed by atoms with Crippen molar-refractivity contribution in [1.29, 1.82) is 0 Å². The molecule has 1 aliphatic heterocycles. The van der Waals surface area contributed by atoms with Gasteiger partial charge < -0.3 is 10.2 Å². The molecule has 96 valence electrons. The van der Waals surface area contributed by atoms with Gasteiger partial charge in [-0.05, 0) is 43.3 Å². The lowest BCUT2D eigenvalue weighted by molar-refractivity contribution is 0.216. The molecule has 0 aromatic rings. The Morgan fingerprint density at radius 3 is 2.56 bits per heavy atom. The molecule has 1 fully saturated rings. The molecule has 0 spiro atoms. The first kappa shape index (κ1) is 14.0. The predicted octanol–water partition coefficient (Wildman–Crippen LogP) is 2.60. The highest BCUT2D eigenvalue weighted by Gasteiger charge is 2.31. The molecular formula is C14H30N2. The zero-order valence-electron chi connectivity index (χ0n) is 11.8. The molecule has 16 heavy (non-hydrogen) atoms. The minimum absolute atomic E-state index is 0.486. The largest absolute Gasteiger partial charge is 0.317 e. The van der Waals surface area contributed by atoms with Gasteiger partial charge in [0.15, 0.2) is 0 Å². The van der Waals surface area contributed by atoms with Gasteiger partial charge in [-0.2, -0.15) is 0 Å². The summed E-state index contributed by atoms with van der Waals surface area (Å²) in [7, 11) is 0. The van der Waals surface area contributed by atoms with Crippen LogP contribution >= 0.6 is 0 Å². The van der Waals surface area contributed by atoms with Gasteiger partial charge in [0.2, 0.25) is 0 Å². The number of nitrogens with one attached hydrogen (secondary N) is 1. The molecule has 1 N–H and O–H groups in total. The number of hydrogen-bond acceptors (Lipinski definition) is 2. The van der Waals surface area contributed by atoms with E-state index in [2.05, 4.69) is 44.8 Å². The van der Waals surface area contributed by atoms with Crippen LogP contribution in [0.25, 0.3) is 0 Å². The summed E-state index contributed by atoms with van der Waals surface area (Å²) in [6.45, 7) is 17.8. The van der Waals surface area contributed by atoms with E-state index in [4.69, 9.17) is 0 Å². The van der Waals surface area contributed by atoms with Gasteiger partial charge in [0, 0.05) is 13.1 Å². The second-order valence-electron chi connectivity index (χ2n) is 6.52. The van der Waals surface area contributed by atoms with Crippen LogP contribution in [0.1, 0.15) is 41.0 Å². The van der Waals surface area contributed by atoms with E-state index in [1.54, 1.807) is 0 Å². The Hall–Kier alpha value is -0.0800. The maximum Gasteiger partial charge on any atom is 0.00193 e. The summed E-state index contributed by atoms with van der Waals surface area (Å²) in [6, 6.07) is 0. The topological polar surface area (TPSA) is 15.3 Å². The van der Waals surface area contributed by atoms with Crippen molar-refractivity contribution < 1.29 is 0 Å². The molecule has 0 aromatic carbocycles. The first-order valence-electron chi connectivity index (χ1n) is 6.86. The van der Waals surface area contributed by atoms with E-state index < -0.39 is 0 Å². The first-order valence-corrected chi connectivity index (χ1v) is 6.86. The van der Waals surface area contributed by atoms with Crippen LogP contribution in [0.3, 0.4) is 0 Å². The summed E-state index contributed by atoms with van der Waals surface area (Å²) in [6.07, 6.45) is 1.39. The predicted molar refractivity (Wildman–Crippen MR) is 71.7 cm³/mol. The van der Waals surface area contributed by atoms with Crippen molar-refractivity contribution in [3.05, 3.63) is 0 Å². The molecule has 1 saturated heterocycles. The van der Waals surface area contributed by atoms with Crippen molar-refractivity contribution in [1.82, 2.24) is 10.2 Å². The van der Waals surface area contributed by atoms with Crippen LogP contribution < -0.4 is 5.32 Å². The minimum Gasteiger partial charge on any atom is -0.317 e. The van der Waals surface area contributed by atoms with Crippen molar-refractivity contribution in [3.8, 4) is 0 Å². The average Bonchev–Trinajstić information content (AvgIpc) is 2.62. The first-order chi connectivity index (χ1) is 7.43. The van der Waals surface area contributed by atoms with Crippen molar-refractivity contribution in [2.75, 3.05) is 32.7 Å². The average molecular weight is 226 g/mol. The van der Waals surface area contributed by atoms with Crippen molar-refractivity contribution in [2.24, 2.45) is 17.3 Å². The lowest BCUT2D eigenvalue weighted by Gasteiger charge is -2.27. The lowest BCUT2D eigenvalue weighted by atomic mass is 9.80. The van der Waals surface area contributed by atoms with Gasteiger partial charge in [-0.15, -0.1) is 0 Å². The normalized spacial score (nSPS) is 24.9. The van der Waals surface area contributed by atoms with Crippen molar-refractivity contribution >= 4 is 0 Å². The second kappa shape index (κ2) is 6.02. The lowest BCUT2D eigenvalue weighted by Crippen LogP contribution is -2.33. The van der Waals surface area contributed by atoms with Crippen LogP contribution in [0.2, 0.25) is 0 Å². The number of hydrogen-bond donors (Lipinski definition) is 1. The van der Waals surface area contributed by atoms with Crippen LogP contribution in [-0.4, -0.2) is 37.6 Å². The third kappa shape index (κ3) is 4.42. The Morgan fingerprint density at radius 1 is 1.38 bits per heavy atom. The zero-order valence-corrected chi connectivity index (χ0v) is 11.8. The van der Waals surface area contributed by atoms with E-state index in [0.717, 1.165) is 24.9 Å². The molecule has 1 heterocycles. The molecule has 0 radical (unpaired) electrons. The fourth-order valence-electron chi connectivity index (χ4n) is 2.60. The molecule has 0 amide bonds. The van der Waals surface area contributed by atoms with Crippen molar-refractivity contribution in [3.63, 3.8) is 0 Å². The summed E-state index contributed by atoms with van der Waals surface area (Å²) < 4.78 is 0. The van der Waals surface area contributed by atoms with Gasteiger partial charge in [0.25, 0.3) is 0 Å². The van der Waals surface area contributed by atoms with E-state index in [-0.39, 0.29) is 0 Å². The fourth-order valence-corrected chi connectivity index (χ4v) is 2.60. The second-order valence-corrected chi connectivity index (χ2v) is 6.52. The summed E-state index contributed by atoms with van der Waals surface area (Å²) in [5.41, 5.74) is 0.486. The Balaban J connectivity index is 2.26. The molecule has 0 saturated carbocycles. The maximum atomic E-state index is 3.44. The highest BCUT2D eigenvalue weighted by Crippen LogP contribution is 2.33. The number of likely N-dealkylation sites (tertiary alicyclic amines) is 1. The van der Waals surface area contributed by atoms with Gasteiger partial charge in [-0.3, -0.25) is 0 Å². The molecule has 0 aromatic heterocycles. The zero-order chi connectivity index (χ0) is 12.2. The van der Waals surface area contributed by atoms with E-state index in [0.29, 0.717) is 5.41 Å². The highest BCUT2D eigenvalue weighted by atomic mass is 15.1. The van der Waals surface area contributed by atoms with Crippen LogP contribution in [0.4, 0.5) is 0 Å². The Morgan fingerprint density at radius 2 is 2.06 bits per heavy atom. The molecule has 2 nitrogen and oxygen atoms in total. The van der Waals surface area contributed by atoms with E-state index in [1.807, 2.05) is 0 Å². The smallest absolute Gasteiger partial charge is 0.00193 e. The Bertz CT molecular complexity index is 195. The molecule has 2 unspecified atom stereocenters. The Kier molecular flexibility index (Phi) is 5.26. The Labute approximate surface area is 102 Å². The maximum absolute atomic E-state index is 3.44. The number of rotatable bonds is 5. The van der Waals surface area contributed by atoms with E-state index in [1.165, 1.54) is 26.1 Å². The molecule has 2 heteroatoms. The third-order valence-electron chi connectivity index (χ3n) is 3.81. The van der Waals surface area contributed by atoms with Gasteiger partial charge in [0.05, 0.1) is 0 Å². The van der Waals surface area contributed by atoms with E-state index >= 15 is 0 Å². The standard InChI is InChI=1S/C14H30N2/c1-6-15-9-12(2)10-16-8-7-13(11-16)14(3,4)5/h12-13,15H,6-11H2,1-5H3. The molecule has 1 aliphatic rings. The SMILES string of the molecule is CCNCC(C)CN1CCC(C(C)(C)C)C1. The van der Waals surface area contributed by atoms with Crippen LogP contribution in [0, 0.1) is 17.3 Å². The van der Waals surface area contributed by atoms with Crippen LogP contribution in [-0.2, 0) is 0 Å². The molecule has 0 bridgehead atoms. The summed E-state index contributed by atoms with van der Waals surface area (Å²) >= 11 is 0. The summed E-state index contributed by atoms with van der Waals surface area (Å²) in [4.78, 5) is 2.65. The quantitative estimate of drug-likeness (QED) is 0.775. The van der Waals surface area contributed by atoms with E-state index in [9.17, 15) is 0 Å². The minimum atomic E-state index is 0.486. The van der Waals surface area contributed by atoms with Crippen LogP contribution in [0.5, 0.6) is 0 Å². The van der Waals surface area contributed by atoms with Gasteiger partial charge in [0.1, 0.15) is 0 Å². The van der Waals surface area contributed by atoms with Crippen molar-refractivity contribution in [2.45, 2.75) is 41.0 Å². The van der Waals surface area contributed by atoms with Gasteiger partial charge in [-0.25, -0.2) is 0 Å². The third-order valence-corrected chi connectivity index (χ3v) is 3.81. The molecule has 2 atom stereocenters. The molecule has 0 aliphatic carbocycles. The van der Waals surface area contributed by atoms with Gasteiger partial charge in [-0.1, -0.05) is 34.6 Å².